The van der Waals surface area contributed by atoms with Gasteiger partial charge in [0, 0.05) is 18.7 Å². The molecule has 1 aromatic carbocycles. The second kappa shape index (κ2) is 6.24. The molecule has 0 aliphatic carbocycles. The summed E-state index contributed by atoms with van der Waals surface area (Å²) < 4.78 is 36.6. The fourth-order valence-corrected chi connectivity index (χ4v) is 6.95. The molecule has 2 aliphatic rings. The third-order valence-electron chi connectivity index (χ3n) is 3.98. The van der Waals surface area contributed by atoms with Gasteiger partial charge in [-0.2, -0.15) is 4.99 Å². The molecular formula is C15H17FN2O3S2. The molecule has 2 atom stereocenters. The number of amides is 1. The number of amidine groups is 1. The van der Waals surface area contributed by atoms with Crippen molar-refractivity contribution in [3.05, 3.63) is 35.6 Å². The van der Waals surface area contributed by atoms with E-state index in [4.69, 9.17) is 0 Å². The number of rotatable bonds is 3. The van der Waals surface area contributed by atoms with Gasteiger partial charge in [-0.3, -0.25) is 4.79 Å². The van der Waals surface area contributed by atoms with Gasteiger partial charge in [-0.05, 0) is 24.1 Å². The van der Waals surface area contributed by atoms with Gasteiger partial charge >= 0.3 is 0 Å². The molecule has 124 valence electrons. The molecule has 0 N–H and O–H groups in total. The summed E-state index contributed by atoms with van der Waals surface area (Å²) in [5, 5.41) is 0.538. The van der Waals surface area contributed by atoms with E-state index in [0.717, 1.165) is 5.56 Å². The Hall–Kier alpha value is -1.41. The zero-order chi connectivity index (χ0) is 16.6. The van der Waals surface area contributed by atoms with Crippen molar-refractivity contribution in [2.24, 2.45) is 4.99 Å². The van der Waals surface area contributed by atoms with Gasteiger partial charge in [-0.1, -0.05) is 23.9 Å². The van der Waals surface area contributed by atoms with Crippen molar-refractivity contribution in [2.45, 2.75) is 24.6 Å². The summed E-state index contributed by atoms with van der Waals surface area (Å²) in [5.41, 5.74) is 0.961. The maximum absolute atomic E-state index is 13.0. The van der Waals surface area contributed by atoms with Crippen molar-refractivity contribution in [1.82, 2.24) is 4.90 Å². The molecule has 0 saturated carbocycles. The SMILES string of the molecule is CC(=O)N=C1S[C@H]2CS(=O)(=O)C[C@@H]2N1CCc1ccc(F)cc1. The molecule has 2 heterocycles. The summed E-state index contributed by atoms with van der Waals surface area (Å²) in [6.07, 6.45) is 0.640. The van der Waals surface area contributed by atoms with Gasteiger partial charge in [0.2, 0.25) is 5.91 Å². The molecule has 3 rings (SSSR count). The van der Waals surface area contributed by atoms with E-state index >= 15 is 0 Å². The smallest absolute Gasteiger partial charge is 0.244 e. The van der Waals surface area contributed by atoms with Crippen LogP contribution in [0, 0.1) is 5.82 Å². The maximum Gasteiger partial charge on any atom is 0.244 e. The monoisotopic (exact) mass is 356 g/mol. The van der Waals surface area contributed by atoms with Gasteiger partial charge in [-0.25, -0.2) is 12.8 Å². The van der Waals surface area contributed by atoms with E-state index in [1.807, 2.05) is 4.90 Å². The molecule has 0 radical (unpaired) electrons. The van der Waals surface area contributed by atoms with Crippen molar-refractivity contribution >= 4 is 32.7 Å². The minimum absolute atomic E-state index is 0.0636. The minimum atomic E-state index is -3.03. The third-order valence-corrected chi connectivity index (χ3v) is 7.23. The van der Waals surface area contributed by atoms with E-state index in [1.165, 1.54) is 30.8 Å². The highest BCUT2D eigenvalue weighted by Crippen LogP contribution is 2.38. The minimum Gasteiger partial charge on any atom is -0.346 e. The number of thioether (sulfide) groups is 1. The largest absolute Gasteiger partial charge is 0.346 e. The number of nitrogens with zero attached hydrogens (tertiary/aromatic N) is 2. The van der Waals surface area contributed by atoms with E-state index in [1.54, 1.807) is 12.1 Å². The quantitative estimate of drug-likeness (QED) is 0.821. The van der Waals surface area contributed by atoms with E-state index in [0.29, 0.717) is 18.1 Å². The van der Waals surface area contributed by atoms with Crippen molar-refractivity contribution in [1.29, 1.82) is 0 Å². The maximum atomic E-state index is 13.0. The standard InChI is InChI=1S/C15H17FN2O3S2/c1-10(19)17-15-18(7-6-11-2-4-12(16)5-3-11)13-8-23(20,21)9-14(13)22-15/h2-5,13-14H,6-9H2,1H3/t13-,14-/m0/s1. The molecule has 2 saturated heterocycles. The van der Waals surface area contributed by atoms with Crippen LogP contribution >= 0.6 is 11.8 Å². The summed E-state index contributed by atoms with van der Waals surface area (Å²) >= 11 is 1.37. The average molecular weight is 356 g/mol. The first-order valence-electron chi connectivity index (χ1n) is 7.31. The van der Waals surface area contributed by atoms with Gasteiger partial charge in [0.1, 0.15) is 5.82 Å². The van der Waals surface area contributed by atoms with E-state index in [-0.39, 0.29) is 34.5 Å². The van der Waals surface area contributed by atoms with Crippen LogP contribution in [-0.2, 0) is 21.1 Å². The molecule has 2 fully saturated rings. The van der Waals surface area contributed by atoms with Crippen LogP contribution in [0.4, 0.5) is 4.39 Å². The Bertz CT molecular complexity index is 746. The van der Waals surface area contributed by atoms with Gasteiger partial charge < -0.3 is 4.90 Å². The van der Waals surface area contributed by atoms with Crippen LogP contribution in [0.15, 0.2) is 29.3 Å². The highest BCUT2D eigenvalue weighted by atomic mass is 32.2. The fraction of sp³-hybridized carbons (Fsp3) is 0.467. The van der Waals surface area contributed by atoms with Crippen LogP contribution in [0.1, 0.15) is 12.5 Å². The summed E-state index contributed by atoms with van der Waals surface area (Å²) in [4.78, 5) is 17.3. The Morgan fingerprint density at radius 3 is 2.70 bits per heavy atom. The normalized spacial score (nSPS) is 27.4. The second-order valence-corrected chi connectivity index (χ2v) is 9.14. The van der Waals surface area contributed by atoms with Gasteiger partial charge in [0.15, 0.2) is 15.0 Å². The Kier molecular flexibility index (Phi) is 4.46. The number of carbonyl (C=O) groups excluding carboxylic acids is 1. The van der Waals surface area contributed by atoms with E-state index in [2.05, 4.69) is 4.99 Å². The number of carbonyl (C=O) groups is 1. The first-order chi connectivity index (χ1) is 10.8. The number of hydrogen-bond acceptors (Lipinski definition) is 4. The second-order valence-electron chi connectivity index (χ2n) is 5.78. The molecule has 1 amide bonds. The fourth-order valence-electron chi connectivity index (χ4n) is 2.93. The Balaban J connectivity index is 1.77. The molecule has 0 bridgehead atoms. The lowest BCUT2D eigenvalue weighted by Gasteiger charge is -2.24. The van der Waals surface area contributed by atoms with E-state index < -0.39 is 9.84 Å². The predicted molar refractivity (Wildman–Crippen MR) is 88.7 cm³/mol. The molecule has 8 heteroatoms. The first kappa shape index (κ1) is 16.4. The number of hydrogen-bond donors (Lipinski definition) is 0. The number of halogens is 1. The summed E-state index contributed by atoms with van der Waals surface area (Å²) in [7, 11) is -3.03. The lowest BCUT2D eigenvalue weighted by atomic mass is 10.1. The van der Waals surface area contributed by atoms with Crippen LogP contribution in [0.5, 0.6) is 0 Å². The summed E-state index contributed by atoms with van der Waals surface area (Å²) in [6.45, 7) is 1.94. The molecule has 0 aromatic heterocycles. The first-order valence-corrected chi connectivity index (χ1v) is 10.0. The highest BCUT2D eigenvalue weighted by Gasteiger charge is 2.48. The van der Waals surface area contributed by atoms with Crippen LogP contribution in [0.25, 0.3) is 0 Å². The highest BCUT2D eigenvalue weighted by molar-refractivity contribution is 8.15. The Morgan fingerprint density at radius 1 is 1.35 bits per heavy atom. The molecule has 0 spiro atoms. The molecule has 2 aliphatic heterocycles. The van der Waals surface area contributed by atoms with Crippen molar-refractivity contribution < 1.29 is 17.6 Å². The van der Waals surface area contributed by atoms with E-state index in [9.17, 15) is 17.6 Å². The number of sulfone groups is 1. The van der Waals surface area contributed by atoms with Crippen molar-refractivity contribution in [3.63, 3.8) is 0 Å². The molecule has 1 aromatic rings. The van der Waals surface area contributed by atoms with Gasteiger partial charge in [-0.15, -0.1) is 0 Å². The third kappa shape index (κ3) is 3.74. The lowest BCUT2D eigenvalue weighted by Crippen LogP contribution is -2.39. The number of benzene rings is 1. The van der Waals surface area contributed by atoms with Crippen LogP contribution in [0.2, 0.25) is 0 Å². The number of aliphatic imine (C=N–C) groups is 1. The zero-order valence-corrected chi connectivity index (χ0v) is 14.2. The Morgan fingerprint density at radius 2 is 2.04 bits per heavy atom. The van der Waals surface area contributed by atoms with Crippen molar-refractivity contribution in [2.75, 3.05) is 18.1 Å². The van der Waals surface area contributed by atoms with Crippen LogP contribution in [0.3, 0.4) is 0 Å². The zero-order valence-electron chi connectivity index (χ0n) is 12.6. The summed E-state index contributed by atoms with van der Waals surface area (Å²) in [6, 6.07) is 6.10. The van der Waals surface area contributed by atoms with Gasteiger partial charge in [0.25, 0.3) is 0 Å². The predicted octanol–water partition coefficient (Wildman–Crippen LogP) is 1.49. The van der Waals surface area contributed by atoms with Crippen molar-refractivity contribution in [3.8, 4) is 0 Å². The Labute approximate surface area is 138 Å². The number of fused-ring (bicyclic) bond motifs is 1. The van der Waals surface area contributed by atoms with Crippen LogP contribution in [-0.4, -0.2) is 53.7 Å². The average Bonchev–Trinajstić information content (AvgIpc) is 2.89. The topological polar surface area (TPSA) is 66.8 Å². The molecular weight excluding hydrogens is 339 g/mol. The lowest BCUT2D eigenvalue weighted by molar-refractivity contribution is -0.115. The van der Waals surface area contributed by atoms with Crippen LogP contribution < -0.4 is 0 Å². The van der Waals surface area contributed by atoms with Gasteiger partial charge in [0.05, 0.1) is 17.5 Å². The summed E-state index contributed by atoms with van der Waals surface area (Å²) in [5.74, 6) is -0.342. The molecule has 23 heavy (non-hydrogen) atoms. The molecule has 5 nitrogen and oxygen atoms in total. The molecule has 0 unspecified atom stereocenters.